The van der Waals surface area contributed by atoms with Crippen molar-refractivity contribution in [3.8, 4) is 0 Å². The molecule has 0 aliphatic heterocycles. The summed E-state index contributed by atoms with van der Waals surface area (Å²) in [5.74, 6) is 4.67. The Morgan fingerprint density at radius 1 is 1.11 bits per heavy atom. The minimum absolute atomic E-state index is 0.852. The third-order valence-corrected chi connectivity index (χ3v) is 5.69. The van der Waals surface area contributed by atoms with Gasteiger partial charge in [-0.2, -0.15) is 0 Å². The molecule has 5 atom stereocenters. The van der Waals surface area contributed by atoms with E-state index in [9.17, 15) is 0 Å². The fourth-order valence-corrected chi connectivity index (χ4v) is 4.68. The van der Waals surface area contributed by atoms with Gasteiger partial charge in [0.2, 0.25) is 0 Å². The molecule has 0 N–H and O–H groups in total. The molecule has 5 aliphatic carbocycles. The fraction of sp³-hybridized carbons (Fsp3) is 0.556. The molecular weight excluding hydrogens is 216 g/mol. The third kappa shape index (κ3) is 1.58. The van der Waals surface area contributed by atoms with Crippen LogP contribution in [0.2, 0.25) is 0 Å². The maximum atomic E-state index is 3.96. The smallest absolute Gasteiger partial charge is 0.0127 e. The van der Waals surface area contributed by atoms with Gasteiger partial charge in [0.25, 0.3) is 0 Å². The highest BCUT2D eigenvalue weighted by molar-refractivity contribution is 5.35. The summed E-state index contributed by atoms with van der Waals surface area (Å²) in [5, 5.41) is 0. The van der Waals surface area contributed by atoms with Crippen LogP contribution in [-0.4, -0.2) is 0 Å². The summed E-state index contributed by atoms with van der Waals surface area (Å²) in [7, 11) is 0. The molecule has 0 aromatic carbocycles. The van der Waals surface area contributed by atoms with E-state index in [0.29, 0.717) is 0 Å². The average molecular weight is 238 g/mol. The van der Waals surface area contributed by atoms with E-state index < -0.39 is 0 Å². The zero-order valence-corrected chi connectivity index (χ0v) is 11.0. The largest absolute Gasteiger partial charge is 0.0955 e. The van der Waals surface area contributed by atoms with Crippen molar-refractivity contribution in [1.82, 2.24) is 0 Å². The molecule has 0 nitrogen and oxygen atoms in total. The van der Waals surface area contributed by atoms with E-state index in [0.717, 1.165) is 29.6 Å². The molecule has 0 saturated heterocycles. The van der Waals surface area contributed by atoms with Crippen LogP contribution >= 0.6 is 0 Å². The predicted octanol–water partition coefficient (Wildman–Crippen LogP) is 4.67. The van der Waals surface area contributed by atoms with Crippen LogP contribution in [0.25, 0.3) is 0 Å². The Balaban J connectivity index is 0.000000101. The maximum Gasteiger partial charge on any atom is -0.0127 e. The van der Waals surface area contributed by atoms with Gasteiger partial charge >= 0.3 is 0 Å². The molecule has 4 bridgehead atoms. The molecular formula is C18H22. The van der Waals surface area contributed by atoms with Crippen LogP contribution < -0.4 is 0 Å². The second kappa shape index (κ2) is 3.98. The van der Waals surface area contributed by atoms with E-state index in [1.54, 1.807) is 5.57 Å². The first-order chi connectivity index (χ1) is 8.81. The first-order valence-corrected chi connectivity index (χ1v) is 7.54. The molecule has 0 radical (unpaired) electrons. The summed E-state index contributed by atoms with van der Waals surface area (Å²) < 4.78 is 0. The number of fused-ring (bicyclic) bond motifs is 7. The average Bonchev–Trinajstić information content (AvgIpc) is 3.15. The van der Waals surface area contributed by atoms with E-state index in [2.05, 4.69) is 37.0 Å². The first kappa shape index (κ1) is 10.8. The van der Waals surface area contributed by atoms with Crippen molar-refractivity contribution >= 4 is 0 Å². The molecule has 0 heterocycles. The standard InChI is InChI=1S/C10H12.C8H10/c1-2-9-7-4-5-8(6-7)10(9)3-1;1-6-4-7-2-3-8(6)5-7/h1-2,4-5,7-10H,3,6H2;4,8H,1-3,5H2. The minimum atomic E-state index is 0.852. The second-order valence-corrected chi connectivity index (χ2v) is 6.67. The van der Waals surface area contributed by atoms with Crippen LogP contribution in [0.15, 0.2) is 48.1 Å². The lowest BCUT2D eigenvalue weighted by Crippen LogP contribution is -2.12. The fourth-order valence-electron chi connectivity index (χ4n) is 4.68. The Kier molecular flexibility index (Phi) is 2.40. The molecule has 18 heavy (non-hydrogen) atoms. The van der Waals surface area contributed by atoms with E-state index in [1.165, 1.54) is 37.7 Å². The van der Waals surface area contributed by atoms with Gasteiger partial charge in [0.05, 0.1) is 0 Å². The van der Waals surface area contributed by atoms with Gasteiger partial charge in [-0.25, -0.2) is 0 Å². The van der Waals surface area contributed by atoms with Crippen LogP contribution in [0, 0.1) is 29.6 Å². The zero-order valence-electron chi connectivity index (χ0n) is 11.0. The van der Waals surface area contributed by atoms with Crippen molar-refractivity contribution in [2.24, 2.45) is 29.6 Å². The van der Waals surface area contributed by atoms with E-state index in [-0.39, 0.29) is 0 Å². The first-order valence-electron chi connectivity index (χ1n) is 7.54. The van der Waals surface area contributed by atoms with Gasteiger partial charge in [0.15, 0.2) is 0 Å². The van der Waals surface area contributed by atoms with Crippen LogP contribution in [0.1, 0.15) is 32.1 Å². The molecule has 2 fully saturated rings. The van der Waals surface area contributed by atoms with Crippen molar-refractivity contribution in [2.45, 2.75) is 32.1 Å². The normalized spacial score (nSPS) is 45.2. The minimum Gasteiger partial charge on any atom is -0.0955 e. The Hall–Kier alpha value is -1.04. The van der Waals surface area contributed by atoms with Crippen molar-refractivity contribution in [3.63, 3.8) is 0 Å². The van der Waals surface area contributed by atoms with Gasteiger partial charge in [-0.1, -0.05) is 48.1 Å². The Morgan fingerprint density at radius 2 is 2.00 bits per heavy atom. The van der Waals surface area contributed by atoms with Gasteiger partial charge in [0, 0.05) is 0 Å². The Morgan fingerprint density at radius 3 is 2.61 bits per heavy atom. The molecule has 0 spiro atoms. The quantitative estimate of drug-likeness (QED) is 0.538. The topological polar surface area (TPSA) is 0 Å². The number of hydrogen-bond acceptors (Lipinski definition) is 0. The Labute approximate surface area is 110 Å². The molecule has 94 valence electrons. The molecule has 0 aromatic heterocycles. The van der Waals surface area contributed by atoms with Crippen LogP contribution in [0.5, 0.6) is 0 Å². The monoisotopic (exact) mass is 238 g/mol. The van der Waals surface area contributed by atoms with Gasteiger partial charge in [0.1, 0.15) is 0 Å². The summed E-state index contributed by atoms with van der Waals surface area (Å²) in [5.41, 5.74) is 3.02. The molecule has 2 saturated carbocycles. The molecule has 0 aromatic rings. The molecule has 0 amide bonds. The lowest BCUT2D eigenvalue weighted by atomic mass is 9.86. The van der Waals surface area contributed by atoms with Crippen molar-refractivity contribution in [3.05, 3.63) is 48.1 Å². The summed E-state index contributed by atoms with van der Waals surface area (Å²) in [4.78, 5) is 0. The van der Waals surface area contributed by atoms with Crippen molar-refractivity contribution < 1.29 is 0 Å². The van der Waals surface area contributed by atoms with Crippen LogP contribution in [0.3, 0.4) is 0 Å². The molecule has 5 unspecified atom stereocenters. The lowest BCUT2D eigenvalue weighted by molar-refractivity contribution is 0.398. The SMILES string of the molecule is C1=CC2C3C=CC(C3)C2C1.C=C1C=C2CCC1C2. The van der Waals surface area contributed by atoms with Gasteiger partial charge < -0.3 is 0 Å². The summed E-state index contributed by atoms with van der Waals surface area (Å²) in [6, 6.07) is 0. The highest BCUT2D eigenvalue weighted by Crippen LogP contribution is 2.52. The van der Waals surface area contributed by atoms with Gasteiger partial charge in [-0.05, 0) is 61.7 Å². The molecule has 5 aliphatic rings. The zero-order chi connectivity index (χ0) is 12.1. The Bertz CT molecular complexity index is 462. The molecule has 0 heteroatoms. The van der Waals surface area contributed by atoms with Crippen molar-refractivity contribution in [2.75, 3.05) is 0 Å². The number of allylic oxidation sites excluding steroid dienone is 7. The van der Waals surface area contributed by atoms with Crippen LogP contribution in [0.4, 0.5) is 0 Å². The van der Waals surface area contributed by atoms with Gasteiger partial charge in [-0.15, -0.1) is 0 Å². The molecule has 5 rings (SSSR count). The van der Waals surface area contributed by atoms with Gasteiger partial charge in [-0.3, -0.25) is 0 Å². The number of rotatable bonds is 0. The van der Waals surface area contributed by atoms with Crippen molar-refractivity contribution in [1.29, 1.82) is 0 Å². The lowest BCUT2D eigenvalue weighted by Gasteiger charge is -2.18. The second-order valence-electron chi connectivity index (χ2n) is 6.67. The summed E-state index contributed by atoms with van der Waals surface area (Å²) >= 11 is 0. The predicted molar refractivity (Wildman–Crippen MR) is 76.0 cm³/mol. The van der Waals surface area contributed by atoms with E-state index in [1.807, 2.05) is 0 Å². The highest BCUT2D eigenvalue weighted by Gasteiger charge is 2.44. The third-order valence-electron chi connectivity index (χ3n) is 5.69. The van der Waals surface area contributed by atoms with Crippen LogP contribution in [-0.2, 0) is 0 Å². The van der Waals surface area contributed by atoms with E-state index >= 15 is 0 Å². The highest BCUT2D eigenvalue weighted by atomic mass is 14.5. The maximum absolute atomic E-state index is 3.96. The number of hydrogen-bond donors (Lipinski definition) is 0. The summed E-state index contributed by atoms with van der Waals surface area (Å²) in [6.07, 6.45) is 18.8. The summed E-state index contributed by atoms with van der Waals surface area (Å²) in [6.45, 7) is 3.96. The van der Waals surface area contributed by atoms with E-state index in [4.69, 9.17) is 0 Å².